The summed E-state index contributed by atoms with van der Waals surface area (Å²) < 4.78 is 5.76. The van der Waals surface area contributed by atoms with Gasteiger partial charge >= 0.3 is 0 Å². The number of carbonyl (C=O) groups is 1. The first-order valence-electron chi connectivity index (χ1n) is 7.30. The molecule has 2 rings (SSSR count). The summed E-state index contributed by atoms with van der Waals surface area (Å²) in [7, 11) is 0. The van der Waals surface area contributed by atoms with Crippen LogP contribution in [0.15, 0.2) is 30.3 Å². The van der Waals surface area contributed by atoms with Crippen molar-refractivity contribution in [3.63, 3.8) is 0 Å². The van der Waals surface area contributed by atoms with Crippen molar-refractivity contribution in [1.82, 2.24) is 5.32 Å². The van der Waals surface area contributed by atoms with Gasteiger partial charge in [-0.15, -0.1) is 12.4 Å². The molecule has 0 aliphatic carbocycles. The third kappa shape index (κ3) is 4.99. The van der Waals surface area contributed by atoms with Crippen molar-refractivity contribution in [2.24, 2.45) is 11.7 Å². The minimum atomic E-state index is -0.438. The molecule has 1 aliphatic rings. The second kappa shape index (κ2) is 8.37. The van der Waals surface area contributed by atoms with Crippen molar-refractivity contribution in [3.8, 4) is 0 Å². The average molecular weight is 313 g/mol. The summed E-state index contributed by atoms with van der Waals surface area (Å²) in [5, 5.41) is 3.04. The zero-order valence-corrected chi connectivity index (χ0v) is 13.4. The standard InChI is InChI=1S/C16H24N2O2.ClH/c1-11(2)10-13(17)16(19)18-14-8-9-20-15(14)12-6-4-3-5-7-12;/h3-7,11,13-15H,8-10,17H2,1-2H3,(H,18,19);1H/t13-,14?,15?;/m0./s1. The van der Waals surface area contributed by atoms with Gasteiger partial charge in [-0.3, -0.25) is 4.79 Å². The molecule has 5 heteroatoms. The Morgan fingerprint density at radius 1 is 1.38 bits per heavy atom. The van der Waals surface area contributed by atoms with Crippen LogP contribution in [0.25, 0.3) is 0 Å². The highest BCUT2D eigenvalue weighted by atomic mass is 35.5. The van der Waals surface area contributed by atoms with E-state index in [1.54, 1.807) is 0 Å². The Morgan fingerprint density at radius 3 is 2.67 bits per heavy atom. The van der Waals surface area contributed by atoms with Crippen molar-refractivity contribution in [2.45, 2.75) is 44.9 Å². The molecule has 1 amide bonds. The first-order valence-corrected chi connectivity index (χ1v) is 7.30. The molecule has 1 aromatic rings. The predicted octanol–water partition coefficient (Wildman–Crippen LogP) is 2.43. The molecule has 3 N–H and O–H groups in total. The van der Waals surface area contributed by atoms with Gasteiger partial charge in [0.15, 0.2) is 0 Å². The molecule has 1 heterocycles. The maximum absolute atomic E-state index is 12.1. The number of hydrogen-bond donors (Lipinski definition) is 2. The Morgan fingerprint density at radius 2 is 2.05 bits per heavy atom. The van der Waals surface area contributed by atoms with E-state index in [0.717, 1.165) is 12.0 Å². The molecule has 0 aromatic heterocycles. The lowest BCUT2D eigenvalue weighted by molar-refractivity contribution is -0.123. The molecular weight excluding hydrogens is 288 g/mol. The molecule has 0 bridgehead atoms. The number of benzene rings is 1. The van der Waals surface area contributed by atoms with Gasteiger partial charge in [-0.05, 0) is 24.3 Å². The number of carbonyl (C=O) groups excluding carboxylic acids is 1. The second-order valence-corrected chi connectivity index (χ2v) is 5.84. The van der Waals surface area contributed by atoms with Gasteiger partial charge in [0.2, 0.25) is 5.91 Å². The third-order valence-corrected chi connectivity index (χ3v) is 3.61. The molecule has 0 spiro atoms. The van der Waals surface area contributed by atoms with Crippen molar-refractivity contribution in [1.29, 1.82) is 0 Å². The van der Waals surface area contributed by atoms with Gasteiger partial charge < -0.3 is 15.8 Å². The predicted molar refractivity (Wildman–Crippen MR) is 86.4 cm³/mol. The summed E-state index contributed by atoms with van der Waals surface area (Å²) >= 11 is 0. The first-order chi connectivity index (χ1) is 9.58. The minimum Gasteiger partial charge on any atom is -0.371 e. The fraction of sp³-hybridized carbons (Fsp3) is 0.562. The Hall–Kier alpha value is -1.10. The van der Waals surface area contributed by atoms with Crippen LogP contribution in [0.5, 0.6) is 0 Å². The van der Waals surface area contributed by atoms with Crippen molar-refractivity contribution in [2.75, 3.05) is 6.61 Å². The van der Waals surface area contributed by atoms with Crippen LogP contribution in [-0.2, 0) is 9.53 Å². The third-order valence-electron chi connectivity index (χ3n) is 3.61. The fourth-order valence-electron chi connectivity index (χ4n) is 2.61. The molecule has 4 nitrogen and oxygen atoms in total. The van der Waals surface area contributed by atoms with Gasteiger partial charge in [0.05, 0.1) is 12.1 Å². The Balaban J connectivity index is 0.00000220. The van der Waals surface area contributed by atoms with E-state index in [1.165, 1.54) is 0 Å². The Bertz CT molecular complexity index is 439. The number of nitrogens with two attached hydrogens (primary N) is 1. The van der Waals surface area contributed by atoms with Crippen LogP contribution in [0, 0.1) is 5.92 Å². The highest BCUT2D eigenvalue weighted by Gasteiger charge is 2.31. The molecule has 21 heavy (non-hydrogen) atoms. The summed E-state index contributed by atoms with van der Waals surface area (Å²) in [5.74, 6) is 0.343. The fourth-order valence-corrected chi connectivity index (χ4v) is 2.61. The topological polar surface area (TPSA) is 64.4 Å². The number of hydrogen-bond acceptors (Lipinski definition) is 3. The van der Waals surface area contributed by atoms with Gasteiger partial charge in [0, 0.05) is 6.61 Å². The molecule has 0 saturated carbocycles. The lowest BCUT2D eigenvalue weighted by atomic mass is 10.00. The van der Waals surface area contributed by atoms with Crippen LogP contribution in [0.3, 0.4) is 0 Å². The number of rotatable bonds is 5. The number of ether oxygens (including phenoxy) is 1. The molecule has 1 aromatic carbocycles. The summed E-state index contributed by atoms with van der Waals surface area (Å²) in [6.07, 6.45) is 1.47. The van der Waals surface area contributed by atoms with Gasteiger partial charge in [-0.1, -0.05) is 44.2 Å². The molecule has 1 aliphatic heterocycles. The van der Waals surface area contributed by atoms with Crippen molar-refractivity contribution >= 4 is 18.3 Å². The summed E-state index contributed by atoms with van der Waals surface area (Å²) in [4.78, 5) is 12.1. The lowest BCUT2D eigenvalue weighted by Gasteiger charge is -2.22. The Labute approximate surface area is 132 Å². The number of nitrogens with one attached hydrogen (secondary N) is 1. The summed E-state index contributed by atoms with van der Waals surface area (Å²) in [6, 6.07) is 9.59. The van der Waals surface area contributed by atoms with Crippen LogP contribution in [-0.4, -0.2) is 24.6 Å². The van der Waals surface area contributed by atoms with E-state index in [9.17, 15) is 4.79 Å². The van der Waals surface area contributed by atoms with Crippen molar-refractivity contribution < 1.29 is 9.53 Å². The first kappa shape index (κ1) is 18.0. The van der Waals surface area contributed by atoms with E-state index < -0.39 is 6.04 Å². The van der Waals surface area contributed by atoms with Crippen LogP contribution >= 0.6 is 12.4 Å². The van der Waals surface area contributed by atoms with Gasteiger partial charge in [-0.2, -0.15) is 0 Å². The van der Waals surface area contributed by atoms with E-state index in [4.69, 9.17) is 10.5 Å². The molecule has 0 radical (unpaired) electrons. The minimum absolute atomic E-state index is 0. The number of amides is 1. The molecule has 1 fully saturated rings. The van der Waals surface area contributed by atoms with E-state index in [1.807, 2.05) is 30.3 Å². The average Bonchev–Trinajstić information content (AvgIpc) is 2.87. The molecule has 1 saturated heterocycles. The van der Waals surface area contributed by atoms with Gasteiger partial charge in [0.25, 0.3) is 0 Å². The smallest absolute Gasteiger partial charge is 0.237 e. The van der Waals surface area contributed by atoms with Crippen LogP contribution in [0.2, 0.25) is 0 Å². The van der Waals surface area contributed by atoms with E-state index >= 15 is 0 Å². The highest BCUT2D eigenvalue weighted by Crippen LogP contribution is 2.29. The number of halogens is 1. The maximum atomic E-state index is 12.1. The van der Waals surface area contributed by atoms with E-state index in [2.05, 4.69) is 19.2 Å². The van der Waals surface area contributed by atoms with Crippen LogP contribution in [0.4, 0.5) is 0 Å². The molecule has 3 atom stereocenters. The monoisotopic (exact) mass is 312 g/mol. The Kier molecular flexibility index (Phi) is 7.15. The van der Waals surface area contributed by atoms with Gasteiger partial charge in [0.1, 0.15) is 6.10 Å². The summed E-state index contributed by atoms with van der Waals surface area (Å²) in [5.41, 5.74) is 7.03. The normalized spacial score (nSPS) is 22.7. The quantitative estimate of drug-likeness (QED) is 0.877. The molecule has 118 valence electrons. The van der Waals surface area contributed by atoms with E-state index in [0.29, 0.717) is 18.9 Å². The highest BCUT2D eigenvalue weighted by molar-refractivity contribution is 5.85. The lowest BCUT2D eigenvalue weighted by Crippen LogP contribution is -2.46. The largest absolute Gasteiger partial charge is 0.371 e. The molecular formula is C16H25ClN2O2. The SMILES string of the molecule is CC(C)C[C@H](N)C(=O)NC1CCOC1c1ccccc1.Cl. The van der Waals surface area contributed by atoms with Gasteiger partial charge in [-0.25, -0.2) is 0 Å². The van der Waals surface area contributed by atoms with Crippen LogP contribution < -0.4 is 11.1 Å². The maximum Gasteiger partial charge on any atom is 0.237 e. The second-order valence-electron chi connectivity index (χ2n) is 5.84. The van der Waals surface area contributed by atoms with E-state index in [-0.39, 0.29) is 30.5 Å². The zero-order valence-electron chi connectivity index (χ0n) is 12.6. The van der Waals surface area contributed by atoms with Crippen molar-refractivity contribution in [3.05, 3.63) is 35.9 Å². The summed E-state index contributed by atoms with van der Waals surface area (Å²) in [6.45, 7) is 4.81. The zero-order chi connectivity index (χ0) is 14.5. The van der Waals surface area contributed by atoms with Crippen LogP contribution in [0.1, 0.15) is 38.4 Å². The molecule has 2 unspecified atom stereocenters.